The van der Waals surface area contributed by atoms with Crippen LogP contribution in [-0.2, 0) is 4.74 Å². The Labute approximate surface area is 67.9 Å². The first kappa shape index (κ1) is 8.75. The van der Waals surface area contributed by atoms with Crippen molar-refractivity contribution < 1.29 is 9.84 Å². The molecule has 1 aliphatic carbocycles. The predicted octanol–water partition coefficient (Wildman–Crippen LogP) is 1.49. The minimum atomic E-state index is -0.570. The van der Waals surface area contributed by atoms with Crippen molar-refractivity contribution in [2.45, 2.75) is 38.4 Å². The molecule has 1 fully saturated rings. The highest BCUT2D eigenvalue weighted by atomic mass is 16.5. The van der Waals surface area contributed by atoms with Gasteiger partial charge in [-0.1, -0.05) is 11.6 Å². The zero-order valence-electron chi connectivity index (χ0n) is 7.42. The number of hydrogen-bond acceptors (Lipinski definition) is 2. The SMILES string of the molecule is COC1CC(O)(C=C(C)C)C1. The molecular formula is C9H16O2. The van der Waals surface area contributed by atoms with Gasteiger partial charge >= 0.3 is 0 Å². The molecule has 0 heterocycles. The number of aliphatic hydroxyl groups is 1. The molecule has 64 valence electrons. The van der Waals surface area contributed by atoms with Crippen LogP contribution in [0.1, 0.15) is 26.7 Å². The van der Waals surface area contributed by atoms with Gasteiger partial charge in [-0.15, -0.1) is 0 Å². The van der Waals surface area contributed by atoms with Gasteiger partial charge in [-0.2, -0.15) is 0 Å². The number of allylic oxidation sites excluding steroid dienone is 1. The molecular weight excluding hydrogens is 140 g/mol. The molecule has 2 heteroatoms. The van der Waals surface area contributed by atoms with E-state index < -0.39 is 5.60 Å². The Morgan fingerprint density at radius 1 is 1.55 bits per heavy atom. The summed E-state index contributed by atoms with van der Waals surface area (Å²) < 4.78 is 5.07. The first-order valence-corrected chi connectivity index (χ1v) is 3.97. The van der Waals surface area contributed by atoms with Crippen LogP contribution in [-0.4, -0.2) is 23.9 Å². The number of methoxy groups -OCH3 is 1. The molecule has 0 aromatic heterocycles. The topological polar surface area (TPSA) is 29.5 Å². The molecule has 0 radical (unpaired) electrons. The molecule has 0 saturated heterocycles. The van der Waals surface area contributed by atoms with Crippen LogP contribution in [0.15, 0.2) is 11.6 Å². The number of rotatable bonds is 2. The zero-order valence-corrected chi connectivity index (χ0v) is 7.42. The van der Waals surface area contributed by atoms with Crippen LogP contribution in [0.2, 0.25) is 0 Å². The molecule has 1 aliphatic rings. The van der Waals surface area contributed by atoms with E-state index in [0.717, 1.165) is 12.8 Å². The molecule has 1 N–H and O–H groups in total. The summed E-state index contributed by atoms with van der Waals surface area (Å²) in [6.07, 6.45) is 3.67. The lowest BCUT2D eigenvalue weighted by atomic mass is 9.76. The van der Waals surface area contributed by atoms with Crippen molar-refractivity contribution in [3.8, 4) is 0 Å². The van der Waals surface area contributed by atoms with Crippen LogP contribution >= 0.6 is 0 Å². The first-order chi connectivity index (χ1) is 5.06. The lowest BCUT2D eigenvalue weighted by Gasteiger charge is -2.40. The summed E-state index contributed by atoms with van der Waals surface area (Å²) in [6, 6.07) is 0. The zero-order chi connectivity index (χ0) is 8.48. The van der Waals surface area contributed by atoms with Crippen molar-refractivity contribution in [2.75, 3.05) is 7.11 Å². The predicted molar refractivity (Wildman–Crippen MR) is 44.4 cm³/mol. The van der Waals surface area contributed by atoms with Gasteiger partial charge in [0.15, 0.2) is 0 Å². The third-order valence-corrected chi connectivity index (χ3v) is 2.05. The smallest absolute Gasteiger partial charge is 0.0879 e. The molecule has 0 atom stereocenters. The summed E-state index contributed by atoms with van der Waals surface area (Å²) in [7, 11) is 1.69. The maximum atomic E-state index is 9.73. The van der Waals surface area contributed by atoms with Crippen LogP contribution in [0, 0.1) is 0 Å². The number of ether oxygens (including phenoxy) is 1. The van der Waals surface area contributed by atoms with E-state index in [1.54, 1.807) is 7.11 Å². The van der Waals surface area contributed by atoms with Gasteiger partial charge in [-0.25, -0.2) is 0 Å². The van der Waals surface area contributed by atoms with E-state index in [0.29, 0.717) is 0 Å². The molecule has 11 heavy (non-hydrogen) atoms. The average Bonchev–Trinajstić information content (AvgIpc) is 1.80. The molecule has 1 saturated carbocycles. The van der Waals surface area contributed by atoms with Crippen molar-refractivity contribution in [3.63, 3.8) is 0 Å². The van der Waals surface area contributed by atoms with Crippen LogP contribution < -0.4 is 0 Å². The summed E-state index contributed by atoms with van der Waals surface area (Å²) in [6.45, 7) is 4.00. The summed E-state index contributed by atoms with van der Waals surface area (Å²) in [5.41, 5.74) is 0.599. The van der Waals surface area contributed by atoms with Crippen molar-refractivity contribution in [1.29, 1.82) is 0 Å². The molecule has 0 aliphatic heterocycles. The second-order valence-corrected chi connectivity index (χ2v) is 3.59. The fourth-order valence-electron chi connectivity index (χ4n) is 1.55. The molecule has 0 spiro atoms. The minimum Gasteiger partial charge on any atom is -0.386 e. The summed E-state index contributed by atoms with van der Waals surface area (Å²) in [5.74, 6) is 0. The molecule has 0 aromatic carbocycles. The van der Waals surface area contributed by atoms with E-state index in [-0.39, 0.29) is 6.10 Å². The Morgan fingerprint density at radius 2 is 2.09 bits per heavy atom. The Balaban J connectivity index is 2.43. The van der Waals surface area contributed by atoms with Crippen molar-refractivity contribution in [1.82, 2.24) is 0 Å². The third-order valence-electron chi connectivity index (χ3n) is 2.05. The quantitative estimate of drug-likeness (QED) is 0.614. The van der Waals surface area contributed by atoms with Gasteiger partial charge in [0, 0.05) is 20.0 Å². The maximum Gasteiger partial charge on any atom is 0.0879 e. The first-order valence-electron chi connectivity index (χ1n) is 3.97. The van der Waals surface area contributed by atoms with Gasteiger partial charge in [0.25, 0.3) is 0 Å². The van der Waals surface area contributed by atoms with Gasteiger partial charge in [0.05, 0.1) is 11.7 Å². The number of hydrogen-bond donors (Lipinski definition) is 1. The largest absolute Gasteiger partial charge is 0.386 e. The summed E-state index contributed by atoms with van der Waals surface area (Å²) in [4.78, 5) is 0. The van der Waals surface area contributed by atoms with E-state index in [2.05, 4.69) is 0 Å². The van der Waals surface area contributed by atoms with E-state index in [1.165, 1.54) is 5.57 Å². The Morgan fingerprint density at radius 3 is 2.45 bits per heavy atom. The van der Waals surface area contributed by atoms with Crippen molar-refractivity contribution >= 4 is 0 Å². The monoisotopic (exact) mass is 156 g/mol. The lowest BCUT2D eigenvalue weighted by molar-refractivity contribution is -0.0973. The van der Waals surface area contributed by atoms with Crippen molar-refractivity contribution in [2.24, 2.45) is 0 Å². The van der Waals surface area contributed by atoms with Crippen LogP contribution in [0.4, 0.5) is 0 Å². The lowest BCUT2D eigenvalue weighted by Crippen LogP contribution is -2.46. The van der Waals surface area contributed by atoms with E-state index >= 15 is 0 Å². The molecule has 2 nitrogen and oxygen atoms in total. The van der Waals surface area contributed by atoms with Gasteiger partial charge < -0.3 is 9.84 Å². The fourth-order valence-corrected chi connectivity index (χ4v) is 1.55. The second-order valence-electron chi connectivity index (χ2n) is 3.59. The maximum absolute atomic E-state index is 9.73. The van der Waals surface area contributed by atoms with Crippen LogP contribution in [0.5, 0.6) is 0 Å². The van der Waals surface area contributed by atoms with Crippen LogP contribution in [0.25, 0.3) is 0 Å². The highest BCUT2D eigenvalue weighted by Crippen LogP contribution is 2.35. The fraction of sp³-hybridized carbons (Fsp3) is 0.778. The van der Waals surface area contributed by atoms with Crippen molar-refractivity contribution in [3.05, 3.63) is 11.6 Å². The van der Waals surface area contributed by atoms with E-state index in [9.17, 15) is 5.11 Å². The molecule has 0 aromatic rings. The van der Waals surface area contributed by atoms with Gasteiger partial charge in [0.2, 0.25) is 0 Å². The molecule has 0 bridgehead atoms. The Bertz CT molecular complexity index is 162. The van der Waals surface area contributed by atoms with E-state index in [4.69, 9.17) is 4.74 Å². The Kier molecular flexibility index (Phi) is 2.35. The van der Waals surface area contributed by atoms with Gasteiger partial charge in [-0.3, -0.25) is 0 Å². The summed E-state index contributed by atoms with van der Waals surface area (Å²) in [5, 5.41) is 9.73. The minimum absolute atomic E-state index is 0.260. The van der Waals surface area contributed by atoms with Gasteiger partial charge in [-0.05, 0) is 13.8 Å². The Hall–Kier alpha value is -0.340. The standard InChI is InChI=1S/C9H16O2/c1-7(2)4-9(10)5-8(6-9)11-3/h4,8,10H,5-6H2,1-3H3. The third kappa shape index (κ3) is 2.04. The highest BCUT2D eigenvalue weighted by Gasteiger charge is 2.40. The molecule has 1 rings (SSSR count). The molecule has 0 unspecified atom stereocenters. The molecule has 0 amide bonds. The average molecular weight is 156 g/mol. The highest BCUT2D eigenvalue weighted by molar-refractivity contribution is 5.13. The summed E-state index contributed by atoms with van der Waals surface area (Å²) >= 11 is 0. The van der Waals surface area contributed by atoms with E-state index in [1.807, 2.05) is 19.9 Å². The second kappa shape index (κ2) is 2.95. The normalized spacial score (nSPS) is 36.2. The van der Waals surface area contributed by atoms with Gasteiger partial charge in [0.1, 0.15) is 0 Å². The van der Waals surface area contributed by atoms with Crippen LogP contribution in [0.3, 0.4) is 0 Å².